The van der Waals surface area contributed by atoms with Crippen LogP contribution in [0.15, 0.2) is 11.6 Å². The van der Waals surface area contributed by atoms with Crippen LogP contribution in [0, 0.1) is 28.6 Å². The lowest BCUT2D eigenvalue weighted by Crippen LogP contribution is -2.61. The van der Waals surface area contributed by atoms with Gasteiger partial charge >= 0.3 is 0 Å². The third-order valence-electron chi connectivity index (χ3n) is 10.6. The highest BCUT2D eigenvalue weighted by Gasteiger charge is 2.70. The summed E-state index contributed by atoms with van der Waals surface area (Å²) in [5.41, 5.74) is -2.21. The molecular formula is C28H40O9. The molecule has 206 valence electrons. The first-order valence-electron chi connectivity index (χ1n) is 13.5. The minimum absolute atomic E-state index is 0.0161. The molecule has 1 aliphatic heterocycles. The second kappa shape index (κ2) is 9.03. The number of ether oxygens (including phenoxy) is 3. The van der Waals surface area contributed by atoms with Gasteiger partial charge in [0, 0.05) is 37.2 Å². The quantitative estimate of drug-likeness (QED) is 0.471. The average molecular weight is 521 g/mol. The Kier molecular flexibility index (Phi) is 6.61. The lowest BCUT2D eigenvalue weighted by molar-refractivity contribution is -0.309. The van der Waals surface area contributed by atoms with Gasteiger partial charge in [-0.15, -0.1) is 0 Å². The molecule has 5 rings (SSSR count). The SMILES string of the molecule is CO[C@H]1[C@@H](O)[C@@H](C)O[C@H](O[C@H]2CC[C@@]3(C)C(=CC[C@@H]4[C@H]5C(=O)C[C@](O)(C(C)=O)[C@@]5(C)CC(=O)[C@@H]43)C2)[C@@H]1O. The monoisotopic (exact) mass is 520 g/mol. The molecule has 3 N–H and O–H groups in total. The van der Waals surface area contributed by atoms with E-state index in [1.165, 1.54) is 14.0 Å². The molecule has 0 aromatic carbocycles. The molecule has 4 aliphatic carbocycles. The first-order chi connectivity index (χ1) is 17.3. The van der Waals surface area contributed by atoms with E-state index in [9.17, 15) is 29.7 Å². The molecule has 4 fully saturated rings. The summed E-state index contributed by atoms with van der Waals surface area (Å²) < 4.78 is 17.2. The van der Waals surface area contributed by atoms with Gasteiger partial charge in [-0.05, 0) is 50.9 Å². The maximum atomic E-state index is 13.7. The van der Waals surface area contributed by atoms with Crippen molar-refractivity contribution >= 4 is 17.3 Å². The first-order valence-corrected chi connectivity index (χ1v) is 13.5. The van der Waals surface area contributed by atoms with Gasteiger partial charge in [0.15, 0.2) is 12.1 Å². The molecule has 1 saturated heterocycles. The standard InChI is InChI=1S/C28H40O9/c1-13-22(32)24(35-5)23(33)25(36-13)37-16-8-9-26(3)15(10-16)6-7-17-20(26)18(30)11-27(4)21(17)19(31)12-28(27,34)14(2)29/h6,13,16-17,20-25,32-34H,7-12H2,1-5H3/t13-,16+,17+,20-,21+,22+,23-,24+,25-,26+,27+,28+/m1/s1. The van der Waals surface area contributed by atoms with Crippen molar-refractivity contribution in [1.29, 1.82) is 0 Å². The summed E-state index contributed by atoms with van der Waals surface area (Å²) in [7, 11) is 1.43. The van der Waals surface area contributed by atoms with Crippen LogP contribution in [-0.4, -0.2) is 82.2 Å². The number of hydrogen-bond acceptors (Lipinski definition) is 9. The lowest BCUT2D eigenvalue weighted by Gasteiger charge is -2.57. The maximum Gasteiger partial charge on any atom is 0.186 e. The molecule has 1 heterocycles. The Balaban J connectivity index is 1.37. The van der Waals surface area contributed by atoms with Gasteiger partial charge in [-0.3, -0.25) is 14.4 Å². The largest absolute Gasteiger partial charge is 0.388 e. The number of carbonyl (C=O) groups excluding carboxylic acids is 3. The van der Waals surface area contributed by atoms with Crippen molar-refractivity contribution in [3.8, 4) is 0 Å². The number of fused-ring (bicyclic) bond motifs is 5. The zero-order valence-electron chi connectivity index (χ0n) is 22.3. The fourth-order valence-corrected chi connectivity index (χ4v) is 8.52. The van der Waals surface area contributed by atoms with E-state index < -0.39 is 58.8 Å². The average Bonchev–Trinajstić information content (AvgIpc) is 3.03. The van der Waals surface area contributed by atoms with Crippen molar-refractivity contribution in [2.45, 2.75) is 109 Å². The van der Waals surface area contributed by atoms with E-state index in [4.69, 9.17) is 14.2 Å². The summed E-state index contributed by atoms with van der Waals surface area (Å²) >= 11 is 0. The number of carbonyl (C=O) groups is 3. The highest BCUT2D eigenvalue weighted by atomic mass is 16.7. The molecule has 0 radical (unpaired) electrons. The molecule has 0 unspecified atom stereocenters. The van der Waals surface area contributed by atoms with E-state index in [0.717, 1.165) is 5.57 Å². The summed E-state index contributed by atoms with van der Waals surface area (Å²) in [6.45, 7) is 6.85. The minimum atomic E-state index is -1.79. The molecule has 37 heavy (non-hydrogen) atoms. The fraction of sp³-hybridized carbons (Fsp3) is 0.821. The van der Waals surface area contributed by atoms with Crippen molar-refractivity contribution in [2.24, 2.45) is 28.6 Å². The zero-order chi connectivity index (χ0) is 27.1. The molecule has 0 bridgehead atoms. The van der Waals surface area contributed by atoms with Crippen LogP contribution in [-0.2, 0) is 28.6 Å². The van der Waals surface area contributed by atoms with Crippen molar-refractivity contribution in [2.75, 3.05) is 7.11 Å². The number of methoxy groups -OCH3 is 1. The van der Waals surface area contributed by atoms with Crippen LogP contribution in [0.4, 0.5) is 0 Å². The van der Waals surface area contributed by atoms with E-state index in [1.54, 1.807) is 13.8 Å². The Morgan fingerprint density at radius 3 is 2.43 bits per heavy atom. The van der Waals surface area contributed by atoms with Crippen LogP contribution in [0.25, 0.3) is 0 Å². The predicted octanol–water partition coefficient (Wildman–Crippen LogP) is 1.49. The topological polar surface area (TPSA) is 140 Å². The number of rotatable bonds is 4. The van der Waals surface area contributed by atoms with Crippen LogP contribution < -0.4 is 0 Å². The molecular weight excluding hydrogens is 480 g/mol. The summed E-state index contributed by atoms with van der Waals surface area (Å²) in [6, 6.07) is 0. The van der Waals surface area contributed by atoms with Gasteiger partial charge in [0.2, 0.25) is 0 Å². The normalized spacial score (nSPS) is 51.7. The molecule has 0 aromatic heterocycles. The third-order valence-corrected chi connectivity index (χ3v) is 10.6. The second-order valence-electron chi connectivity index (χ2n) is 12.5. The number of ketones is 3. The number of aliphatic hydroxyl groups excluding tert-OH is 2. The van der Waals surface area contributed by atoms with Crippen LogP contribution >= 0.6 is 0 Å². The molecule has 0 amide bonds. The zero-order valence-corrected chi connectivity index (χ0v) is 22.3. The Morgan fingerprint density at radius 1 is 1.11 bits per heavy atom. The minimum Gasteiger partial charge on any atom is -0.388 e. The molecule has 3 saturated carbocycles. The smallest absolute Gasteiger partial charge is 0.186 e. The Labute approximate surface area is 217 Å². The van der Waals surface area contributed by atoms with Gasteiger partial charge in [-0.25, -0.2) is 0 Å². The van der Waals surface area contributed by atoms with Gasteiger partial charge < -0.3 is 29.5 Å². The van der Waals surface area contributed by atoms with Gasteiger partial charge in [-0.1, -0.05) is 25.5 Å². The summed E-state index contributed by atoms with van der Waals surface area (Å²) in [5, 5.41) is 32.2. The van der Waals surface area contributed by atoms with Gasteiger partial charge in [0.05, 0.1) is 12.2 Å². The lowest BCUT2D eigenvalue weighted by atomic mass is 9.46. The number of hydrogen-bond donors (Lipinski definition) is 3. The number of aliphatic hydroxyl groups is 3. The van der Waals surface area contributed by atoms with E-state index in [2.05, 4.69) is 13.0 Å². The van der Waals surface area contributed by atoms with Crippen molar-refractivity contribution in [3.05, 3.63) is 11.6 Å². The summed E-state index contributed by atoms with van der Waals surface area (Å²) in [5.74, 6) is -1.67. The molecule has 0 spiro atoms. The Bertz CT molecular complexity index is 1020. The van der Waals surface area contributed by atoms with Crippen LogP contribution in [0.2, 0.25) is 0 Å². The third kappa shape index (κ3) is 3.76. The van der Waals surface area contributed by atoms with E-state index in [-0.39, 0.29) is 42.3 Å². The summed E-state index contributed by atoms with van der Waals surface area (Å²) in [6.07, 6.45) is -0.330. The Morgan fingerprint density at radius 2 is 1.78 bits per heavy atom. The number of Topliss-reactive ketones (excluding diaryl/α,β-unsaturated/α-hetero) is 3. The van der Waals surface area contributed by atoms with Crippen LogP contribution in [0.1, 0.15) is 66.2 Å². The molecule has 0 aromatic rings. The number of allylic oxidation sites excluding steroid dienone is 1. The molecule has 12 atom stereocenters. The van der Waals surface area contributed by atoms with E-state index in [0.29, 0.717) is 25.7 Å². The van der Waals surface area contributed by atoms with Crippen LogP contribution in [0.5, 0.6) is 0 Å². The second-order valence-corrected chi connectivity index (χ2v) is 12.5. The van der Waals surface area contributed by atoms with E-state index >= 15 is 0 Å². The Hall–Kier alpha value is -1.49. The maximum absolute atomic E-state index is 13.7. The van der Waals surface area contributed by atoms with Crippen LogP contribution in [0.3, 0.4) is 0 Å². The van der Waals surface area contributed by atoms with E-state index in [1.807, 2.05) is 0 Å². The van der Waals surface area contributed by atoms with Crippen molar-refractivity contribution < 1.29 is 43.9 Å². The van der Waals surface area contributed by atoms with Crippen molar-refractivity contribution in [3.63, 3.8) is 0 Å². The van der Waals surface area contributed by atoms with Crippen molar-refractivity contribution in [1.82, 2.24) is 0 Å². The summed E-state index contributed by atoms with van der Waals surface area (Å²) in [4.78, 5) is 39.4. The molecule has 5 aliphatic rings. The first kappa shape index (κ1) is 27.1. The fourth-order valence-electron chi connectivity index (χ4n) is 8.52. The van der Waals surface area contributed by atoms with Gasteiger partial charge in [0.25, 0.3) is 0 Å². The highest BCUT2D eigenvalue weighted by molar-refractivity contribution is 6.01. The molecule has 9 heteroatoms. The highest BCUT2D eigenvalue weighted by Crippen LogP contribution is 2.65. The van der Waals surface area contributed by atoms with Gasteiger partial charge in [0.1, 0.15) is 35.5 Å². The predicted molar refractivity (Wildman–Crippen MR) is 130 cm³/mol. The molecule has 9 nitrogen and oxygen atoms in total. The van der Waals surface area contributed by atoms with Gasteiger partial charge in [-0.2, -0.15) is 0 Å².